The van der Waals surface area contributed by atoms with Gasteiger partial charge in [-0.1, -0.05) is 36.4 Å². The Labute approximate surface area is 162 Å². The molecule has 2 N–H and O–H groups in total. The van der Waals surface area contributed by atoms with Crippen molar-refractivity contribution in [1.82, 2.24) is 10.3 Å². The summed E-state index contributed by atoms with van der Waals surface area (Å²) < 4.78 is 10.8. The minimum Gasteiger partial charge on any atom is -0.496 e. The topological polar surface area (TPSA) is 76.4 Å². The number of carbonyl (C=O) groups is 1. The number of methoxy groups -OCH3 is 1. The summed E-state index contributed by atoms with van der Waals surface area (Å²) in [4.78, 5) is 17.2. The highest BCUT2D eigenvalue weighted by Crippen LogP contribution is 2.26. The summed E-state index contributed by atoms with van der Waals surface area (Å²) in [5.41, 5.74) is 2.63. The maximum absolute atomic E-state index is 12.7. The molecule has 2 aromatic carbocycles. The number of nitrogens with zero attached hydrogens (tertiary/aromatic N) is 1. The van der Waals surface area contributed by atoms with Gasteiger partial charge >= 0.3 is 0 Å². The summed E-state index contributed by atoms with van der Waals surface area (Å²) in [6.07, 6.45) is 1.58. The fraction of sp³-hybridized carbons (Fsp3) is 0.0909. The molecule has 0 unspecified atom stereocenters. The second-order valence-electron chi connectivity index (χ2n) is 6.17. The van der Waals surface area contributed by atoms with Gasteiger partial charge in [-0.2, -0.15) is 0 Å². The first kappa shape index (κ1) is 17.6. The Morgan fingerprint density at radius 1 is 1.07 bits per heavy atom. The lowest BCUT2D eigenvalue weighted by Gasteiger charge is -2.11. The van der Waals surface area contributed by atoms with E-state index in [0.29, 0.717) is 17.9 Å². The van der Waals surface area contributed by atoms with Crippen LogP contribution in [0.5, 0.6) is 5.75 Å². The van der Waals surface area contributed by atoms with Crippen LogP contribution in [-0.4, -0.2) is 18.0 Å². The van der Waals surface area contributed by atoms with Crippen molar-refractivity contribution < 1.29 is 13.9 Å². The fourth-order valence-electron chi connectivity index (χ4n) is 2.95. The van der Waals surface area contributed by atoms with Crippen molar-refractivity contribution in [2.75, 3.05) is 12.4 Å². The number of fused-ring (bicyclic) bond motifs is 1. The molecule has 0 bridgehead atoms. The van der Waals surface area contributed by atoms with Crippen LogP contribution in [0.4, 0.5) is 11.5 Å². The number of anilines is 2. The summed E-state index contributed by atoms with van der Waals surface area (Å²) in [6.45, 7) is 0.335. The number of benzene rings is 2. The molecule has 0 fully saturated rings. The third-order valence-corrected chi connectivity index (χ3v) is 4.35. The lowest BCUT2D eigenvalue weighted by molar-refractivity contribution is 0.0946. The van der Waals surface area contributed by atoms with E-state index in [4.69, 9.17) is 9.15 Å². The smallest absolute Gasteiger partial charge is 0.270 e. The molecule has 0 atom stereocenters. The van der Waals surface area contributed by atoms with E-state index in [0.717, 1.165) is 22.4 Å². The van der Waals surface area contributed by atoms with Gasteiger partial charge in [0.05, 0.1) is 18.8 Å². The number of aromatic nitrogens is 1. The quantitative estimate of drug-likeness (QED) is 0.520. The van der Waals surface area contributed by atoms with E-state index in [1.54, 1.807) is 19.4 Å². The van der Waals surface area contributed by atoms with Gasteiger partial charge in [0.25, 0.3) is 5.91 Å². The van der Waals surface area contributed by atoms with Crippen LogP contribution in [-0.2, 0) is 6.54 Å². The number of pyridine rings is 1. The molecule has 4 aromatic rings. The van der Waals surface area contributed by atoms with E-state index in [-0.39, 0.29) is 11.6 Å². The maximum Gasteiger partial charge on any atom is 0.270 e. The van der Waals surface area contributed by atoms with Gasteiger partial charge in [0, 0.05) is 23.9 Å². The van der Waals surface area contributed by atoms with Crippen molar-refractivity contribution in [2.45, 2.75) is 6.54 Å². The number of para-hydroxylation sites is 2. The number of amides is 1. The number of nitrogens with one attached hydrogen (secondary N) is 2. The molecule has 0 aliphatic heterocycles. The van der Waals surface area contributed by atoms with Crippen molar-refractivity contribution in [3.8, 4) is 5.75 Å². The van der Waals surface area contributed by atoms with Gasteiger partial charge in [0.1, 0.15) is 22.8 Å². The molecule has 0 saturated heterocycles. The van der Waals surface area contributed by atoms with E-state index in [1.807, 2.05) is 60.7 Å². The molecule has 0 aliphatic carbocycles. The highest BCUT2D eigenvalue weighted by atomic mass is 16.5. The van der Waals surface area contributed by atoms with Crippen LogP contribution in [0.2, 0.25) is 0 Å². The van der Waals surface area contributed by atoms with Crippen molar-refractivity contribution in [3.05, 3.63) is 84.3 Å². The third kappa shape index (κ3) is 3.66. The van der Waals surface area contributed by atoms with Crippen molar-refractivity contribution >= 4 is 28.4 Å². The van der Waals surface area contributed by atoms with Crippen LogP contribution in [0.25, 0.3) is 11.0 Å². The van der Waals surface area contributed by atoms with Crippen LogP contribution in [0.1, 0.15) is 16.1 Å². The Bertz CT molecular complexity index is 1110. The van der Waals surface area contributed by atoms with Gasteiger partial charge in [-0.05, 0) is 24.3 Å². The minimum atomic E-state index is -0.291. The predicted octanol–water partition coefficient (Wildman–Crippen LogP) is 4.51. The lowest BCUT2D eigenvalue weighted by Crippen LogP contribution is -2.24. The average molecular weight is 373 g/mol. The Morgan fingerprint density at radius 2 is 1.86 bits per heavy atom. The molecule has 1 amide bonds. The maximum atomic E-state index is 12.7. The van der Waals surface area contributed by atoms with Gasteiger partial charge < -0.3 is 19.8 Å². The average Bonchev–Trinajstić information content (AvgIpc) is 3.22. The molecule has 28 heavy (non-hydrogen) atoms. The number of ether oxygens (including phenoxy) is 1. The Morgan fingerprint density at radius 3 is 2.68 bits per heavy atom. The molecular weight excluding hydrogens is 354 g/mol. The minimum absolute atomic E-state index is 0.274. The zero-order valence-corrected chi connectivity index (χ0v) is 15.3. The number of hydrogen-bond acceptors (Lipinski definition) is 5. The highest BCUT2D eigenvalue weighted by Gasteiger charge is 2.15. The highest BCUT2D eigenvalue weighted by molar-refractivity contribution is 5.99. The zero-order valence-electron chi connectivity index (χ0n) is 15.3. The van der Waals surface area contributed by atoms with Crippen LogP contribution in [0, 0.1) is 0 Å². The van der Waals surface area contributed by atoms with Crippen molar-refractivity contribution in [1.29, 1.82) is 0 Å². The first-order chi connectivity index (χ1) is 13.7. The summed E-state index contributed by atoms with van der Waals surface area (Å²) in [7, 11) is 1.61. The Hall–Kier alpha value is -3.80. The largest absolute Gasteiger partial charge is 0.496 e. The first-order valence-corrected chi connectivity index (χ1v) is 8.85. The molecular formula is C22H19N3O3. The third-order valence-electron chi connectivity index (χ3n) is 4.35. The summed E-state index contributed by atoms with van der Waals surface area (Å²) in [5, 5.41) is 6.95. The van der Waals surface area contributed by atoms with Crippen LogP contribution in [0.3, 0.4) is 0 Å². The van der Waals surface area contributed by atoms with Crippen molar-refractivity contribution in [3.63, 3.8) is 0 Å². The molecule has 140 valence electrons. The van der Waals surface area contributed by atoms with Gasteiger partial charge in [-0.15, -0.1) is 0 Å². The molecule has 0 saturated carbocycles. The van der Waals surface area contributed by atoms with Crippen LogP contribution < -0.4 is 15.4 Å². The van der Waals surface area contributed by atoms with Crippen LogP contribution >= 0.6 is 0 Å². The fourth-order valence-corrected chi connectivity index (χ4v) is 2.95. The van der Waals surface area contributed by atoms with Gasteiger partial charge in [0.2, 0.25) is 0 Å². The Balaban J connectivity index is 1.58. The molecule has 6 heteroatoms. The van der Waals surface area contributed by atoms with E-state index in [2.05, 4.69) is 15.6 Å². The number of carbonyl (C=O) groups excluding carboxylic acids is 1. The number of rotatable bonds is 6. The van der Waals surface area contributed by atoms with E-state index in [9.17, 15) is 4.79 Å². The summed E-state index contributed by atoms with van der Waals surface area (Å²) >= 11 is 0. The van der Waals surface area contributed by atoms with Crippen molar-refractivity contribution in [2.24, 2.45) is 0 Å². The second kappa shape index (κ2) is 7.84. The normalized spacial score (nSPS) is 10.6. The van der Waals surface area contributed by atoms with E-state index < -0.39 is 0 Å². The molecule has 0 aliphatic rings. The molecule has 0 radical (unpaired) electrons. The van der Waals surface area contributed by atoms with Gasteiger partial charge in [-0.25, -0.2) is 4.98 Å². The number of hydrogen-bond donors (Lipinski definition) is 2. The lowest BCUT2D eigenvalue weighted by atomic mass is 10.2. The van der Waals surface area contributed by atoms with Gasteiger partial charge in [0.15, 0.2) is 0 Å². The van der Waals surface area contributed by atoms with E-state index >= 15 is 0 Å². The van der Waals surface area contributed by atoms with E-state index in [1.165, 1.54) is 0 Å². The summed E-state index contributed by atoms with van der Waals surface area (Å²) in [6, 6.07) is 20.7. The number of furan rings is 1. The monoisotopic (exact) mass is 373 g/mol. The standard InChI is InChI=1S/C22H19N3O3/c1-27-19-10-6-5-7-15(19)14-23-22(26)18-13-20-17(11-12-28-20)21(25-18)24-16-8-3-2-4-9-16/h2-13H,14H2,1H3,(H,23,26)(H,24,25). The van der Waals surface area contributed by atoms with Gasteiger partial charge in [-0.3, -0.25) is 4.79 Å². The molecule has 4 rings (SSSR count). The molecule has 6 nitrogen and oxygen atoms in total. The molecule has 2 aromatic heterocycles. The zero-order chi connectivity index (χ0) is 19.3. The first-order valence-electron chi connectivity index (χ1n) is 8.85. The summed E-state index contributed by atoms with van der Waals surface area (Å²) in [5.74, 6) is 1.00. The Kier molecular flexibility index (Phi) is 4.93. The van der Waals surface area contributed by atoms with Crippen LogP contribution in [0.15, 0.2) is 77.4 Å². The SMILES string of the molecule is COc1ccccc1CNC(=O)c1cc2occc2c(Nc2ccccc2)n1. The molecule has 2 heterocycles. The molecule has 0 spiro atoms. The second-order valence-corrected chi connectivity index (χ2v) is 6.17. The predicted molar refractivity (Wildman–Crippen MR) is 108 cm³/mol.